The Labute approximate surface area is 271 Å². The van der Waals surface area contributed by atoms with E-state index in [2.05, 4.69) is 17.0 Å². The summed E-state index contributed by atoms with van der Waals surface area (Å²) in [6.07, 6.45) is 0.482. The first-order chi connectivity index (χ1) is 22.4. The van der Waals surface area contributed by atoms with E-state index in [1.54, 1.807) is 18.0 Å². The maximum atomic E-state index is 13.6. The number of hydrogen-bond donors (Lipinski definition) is 1. The Morgan fingerprint density at radius 3 is 2.64 bits per heavy atom. The van der Waals surface area contributed by atoms with Crippen LogP contribution in [0.1, 0.15) is 54.0 Å². The quantitative estimate of drug-likeness (QED) is 0.206. The Morgan fingerprint density at radius 2 is 1.89 bits per heavy atom. The third-order valence-corrected chi connectivity index (χ3v) is 10.8. The summed E-state index contributed by atoms with van der Waals surface area (Å²) in [7, 11) is 1.67. The van der Waals surface area contributed by atoms with E-state index in [1.807, 2.05) is 24.3 Å². The van der Waals surface area contributed by atoms with E-state index in [0.717, 1.165) is 42.8 Å². The average Bonchev–Trinajstić information content (AvgIpc) is 3.39. The largest absolute Gasteiger partial charge is 0.483 e. The smallest absolute Gasteiger partial charge is 0.416 e. The number of nitrogens with zero attached hydrogens (tertiary/aromatic N) is 2. The van der Waals surface area contributed by atoms with Crippen LogP contribution in [0.25, 0.3) is 6.08 Å². The predicted molar refractivity (Wildman–Crippen MR) is 169 cm³/mol. The van der Waals surface area contributed by atoms with Crippen LogP contribution >= 0.6 is 0 Å². The number of benzene rings is 3. The van der Waals surface area contributed by atoms with E-state index >= 15 is 0 Å². The lowest BCUT2D eigenvalue weighted by atomic mass is 9.48. The summed E-state index contributed by atoms with van der Waals surface area (Å²) in [5, 5.41) is 12.9. The van der Waals surface area contributed by atoms with Crippen LogP contribution in [0.4, 0.5) is 13.2 Å². The molecule has 2 aliphatic heterocycles. The van der Waals surface area contributed by atoms with Crippen molar-refractivity contribution in [2.75, 3.05) is 20.1 Å². The number of ether oxygens (including phenoxy) is 2. The third-order valence-electron chi connectivity index (χ3n) is 10.8. The monoisotopic (exact) mass is 646 g/mol. The van der Waals surface area contributed by atoms with Crippen molar-refractivity contribution in [1.82, 2.24) is 9.80 Å². The number of esters is 1. The molecular formula is C37H37F3N2O5. The van der Waals surface area contributed by atoms with Gasteiger partial charge in [-0.05, 0) is 79.6 Å². The lowest BCUT2D eigenvalue weighted by molar-refractivity contribution is -0.199. The number of piperidine rings is 1. The highest BCUT2D eigenvalue weighted by atomic mass is 19.4. The molecular weight excluding hydrogens is 609 g/mol. The van der Waals surface area contributed by atoms with Gasteiger partial charge in [-0.3, -0.25) is 14.5 Å². The number of amides is 1. The summed E-state index contributed by atoms with van der Waals surface area (Å²) in [5.41, 5.74) is 0.606. The SMILES string of the molecule is CC(=O)Oc1ccc2c3c1O[C@H]1[C@@H](N(C)C(=O)C=Cc4cccc(C(F)(F)F)c4)CC[C@@]4(O)[C@@H](C2)N(CCc2ccccc2)CC[C@]314. The van der Waals surface area contributed by atoms with Crippen LogP contribution in [0.5, 0.6) is 11.5 Å². The first-order valence-electron chi connectivity index (χ1n) is 16.1. The van der Waals surface area contributed by atoms with Crippen LogP contribution in [0.3, 0.4) is 0 Å². The zero-order chi connectivity index (χ0) is 33.1. The zero-order valence-electron chi connectivity index (χ0n) is 26.3. The number of rotatable bonds is 7. The number of alkyl halides is 3. The number of hydrogen-bond acceptors (Lipinski definition) is 6. The second kappa shape index (κ2) is 11.5. The number of aliphatic hydroxyl groups is 1. The molecule has 3 aromatic rings. The molecule has 7 rings (SSSR count). The summed E-state index contributed by atoms with van der Waals surface area (Å²) in [5.74, 6) is -0.128. The van der Waals surface area contributed by atoms with E-state index < -0.39 is 40.9 Å². The molecule has 246 valence electrons. The molecule has 1 saturated carbocycles. The maximum absolute atomic E-state index is 13.6. The van der Waals surface area contributed by atoms with Gasteiger partial charge in [-0.1, -0.05) is 48.5 Å². The molecule has 2 aliphatic carbocycles. The van der Waals surface area contributed by atoms with Gasteiger partial charge in [0.25, 0.3) is 0 Å². The lowest BCUT2D eigenvalue weighted by Crippen LogP contribution is -2.78. The molecule has 1 N–H and O–H groups in total. The Balaban J connectivity index is 1.22. The van der Waals surface area contributed by atoms with Gasteiger partial charge in [-0.15, -0.1) is 0 Å². The molecule has 0 radical (unpaired) electrons. The molecule has 7 nitrogen and oxygen atoms in total. The molecule has 2 heterocycles. The molecule has 5 atom stereocenters. The van der Waals surface area contributed by atoms with Gasteiger partial charge in [-0.25, -0.2) is 0 Å². The van der Waals surface area contributed by atoms with Crippen LogP contribution in [-0.4, -0.2) is 70.7 Å². The summed E-state index contributed by atoms with van der Waals surface area (Å²) in [4.78, 5) is 29.6. The van der Waals surface area contributed by atoms with Crippen molar-refractivity contribution in [1.29, 1.82) is 0 Å². The second-order valence-electron chi connectivity index (χ2n) is 13.2. The zero-order valence-corrected chi connectivity index (χ0v) is 26.3. The Morgan fingerprint density at radius 1 is 1.11 bits per heavy atom. The van der Waals surface area contributed by atoms with Crippen molar-refractivity contribution < 1.29 is 37.3 Å². The molecule has 47 heavy (non-hydrogen) atoms. The fraction of sp³-hybridized carbons (Fsp3) is 0.405. The topological polar surface area (TPSA) is 79.3 Å². The fourth-order valence-corrected chi connectivity index (χ4v) is 8.68. The predicted octanol–water partition coefficient (Wildman–Crippen LogP) is 5.57. The summed E-state index contributed by atoms with van der Waals surface area (Å²) < 4.78 is 52.1. The van der Waals surface area contributed by atoms with Gasteiger partial charge >= 0.3 is 12.1 Å². The minimum atomic E-state index is -4.49. The molecule has 4 aliphatic rings. The van der Waals surface area contributed by atoms with E-state index in [-0.39, 0.29) is 17.5 Å². The normalized spacial score (nSPS) is 27.7. The van der Waals surface area contributed by atoms with E-state index in [0.29, 0.717) is 37.2 Å². The Hall–Kier alpha value is -4.15. The number of likely N-dealkylation sites (N-methyl/N-ethyl adjacent to an activating group) is 1. The van der Waals surface area contributed by atoms with Gasteiger partial charge in [0.15, 0.2) is 11.5 Å². The molecule has 3 aromatic carbocycles. The van der Waals surface area contributed by atoms with Crippen molar-refractivity contribution in [3.8, 4) is 11.5 Å². The van der Waals surface area contributed by atoms with Gasteiger partial charge < -0.3 is 19.5 Å². The van der Waals surface area contributed by atoms with Crippen LogP contribution in [0.15, 0.2) is 72.8 Å². The Kier molecular flexibility index (Phi) is 7.71. The second-order valence-corrected chi connectivity index (χ2v) is 13.2. The molecule has 2 bridgehead atoms. The number of likely N-dealkylation sites (tertiary alicyclic amines) is 1. The summed E-state index contributed by atoms with van der Waals surface area (Å²) >= 11 is 0. The van der Waals surface area contributed by atoms with Crippen molar-refractivity contribution in [3.05, 3.63) is 101 Å². The highest BCUT2D eigenvalue weighted by Gasteiger charge is 2.73. The van der Waals surface area contributed by atoms with Crippen molar-refractivity contribution in [2.24, 2.45) is 0 Å². The minimum Gasteiger partial charge on any atom is -0.483 e. The maximum Gasteiger partial charge on any atom is 0.416 e. The molecule has 1 saturated heterocycles. The van der Waals surface area contributed by atoms with Gasteiger partial charge in [0.1, 0.15) is 6.10 Å². The highest BCUT2D eigenvalue weighted by molar-refractivity contribution is 5.92. The molecule has 1 amide bonds. The van der Waals surface area contributed by atoms with Gasteiger partial charge in [-0.2, -0.15) is 13.2 Å². The summed E-state index contributed by atoms with van der Waals surface area (Å²) in [6.45, 7) is 2.83. The standard InChI is InChI=1S/C37H37F3N2O5/c1-23(43)46-29-13-12-26-22-30-36(45)17-15-28(41(2)31(44)14-11-25-9-6-10-27(21-25)37(38,39)40)34-35(36,32(26)33(29)47-34)18-20-42(30)19-16-24-7-4-3-5-8-24/h3-14,21,28,30,34,45H,15-20,22H2,1-2H3/t28-,30+,34-,35-,36+/m0/s1. The van der Waals surface area contributed by atoms with Crippen LogP contribution < -0.4 is 9.47 Å². The highest BCUT2D eigenvalue weighted by Crippen LogP contribution is 2.66. The molecule has 10 heteroatoms. The summed E-state index contributed by atoms with van der Waals surface area (Å²) in [6, 6.07) is 18.2. The Bertz CT molecular complexity index is 1740. The van der Waals surface area contributed by atoms with Crippen LogP contribution in [0, 0.1) is 0 Å². The number of carbonyl (C=O) groups is 2. The van der Waals surface area contributed by atoms with E-state index in [4.69, 9.17) is 9.47 Å². The van der Waals surface area contributed by atoms with Gasteiger partial charge in [0.2, 0.25) is 5.91 Å². The van der Waals surface area contributed by atoms with Gasteiger partial charge in [0, 0.05) is 38.2 Å². The third kappa shape index (κ3) is 5.13. The van der Waals surface area contributed by atoms with Crippen molar-refractivity contribution in [2.45, 2.75) is 74.4 Å². The number of carbonyl (C=O) groups excluding carboxylic acids is 2. The fourth-order valence-electron chi connectivity index (χ4n) is 8.68. The molecule has 0 unspecified atom stereocenters. The van der Waals surface area contributed by atoms with Crippen LogP contribution in [-0.2, 0) is 34.0 Å². The van der Waals surface area contributed by atoms with Crippen molar-refractivity contribution >= 4 is 18.0 Å². The first-order valence-corrected chi connectivity index (χ1v) is 16.1. The molecule has 2 fully saturated rings. The average molecular weight is 647 g/mol. The van der Waals surface area contributed by atoms with Gasteiger partial charge in [0.05, 0.1) is 22.6 Å². The van der Waals surface area contributed by atoms with E-state index in [1.165, 1.54) is 36.8 Å². The minimum absolute atomic E-state index is 0.174. The molecule has 0 aromatic heterocycles. The molecule has 1 spiro atoms. The van der Waals surface area contributed by atoms with Crippen LogP contribution in [0.2, 0.25) is 0 Å². The number of halogens is 3. The van der Waals surface area contributed by atoms with E-state index in [9.17, 15) is 27.9 Å². The lowest BCUT2D eigenvalue weighted by Gasteiger charge is -2.64. The first kappa shape index (κ1) is 31.4. The van der Waals surface area contributed by atoms with Crippen molar-refractivity contribution in [3.63, 3.8) is 0 Å².